The summed E-state index contributed by atoms with van der Waals surface area (Å²) in [5.74, 6) is -0.863. The highest BCUT2D eigenvalue weighted by Crippen LogP contribution is 2.22. The second kappa shape index (κ2) is 24.2. The van der Waals surface area contributed by atoms with E-state index in [4.69, 9.17) is 18.9 Å². The molecule has 0 amide bonds. The minimum absolute atomic E-state index is 0.221. The van der Waals surface area contributed by atoms with Crippen molar-refractivity contribution < 1.29 is 49.0 Å². The zero-order valence-electron chi connectivity index (χ0n) is 25.6. The first-order chi connectivity index (χ1) is 19.8. The monoisotopic (exact) mass is 590 g/mol. The lowest BCUT2D eigenvalue weighted by Crippen LogP contribution is -2.59. The van der Waals surface area contributed by atoms with Crippen molar-refractivity contribution in [2.75, 3.05) is 19.8 Å². The standard InChI is InChI=1S/C31H58O10/c1-3-5-6-7-8-9-10-11-12-13-14-15-16-17-18-20-27(34)40-24(22-38-26(33)19-4-2)23-39-31-30(37)29(36)28(35)25(21-32)41-31/h24-25,28-32,35-37H,3-23H2,1-2H3. The number of aliphatic hydroxyl groups excluding tert-OH is 4. The Bertz CT molecular complexity index is 659. The number of carbonyl (C=O) groups is 2. The van der Waals surface area contributed by atoms with Crippen molar-refractivity contribution in [2.24, 2.45) is 0 Å². The summed E-state index contributed by atoms with van der Waals surface area (Å²) in [5.41, 5.74) is 0. The highest BCUT2D eigenvalue weighted by atomic mass is 16.7. The lowest BCUT2D eigenvalue weighted by Gasteiger charge is -2.39. The van der Waals surface area contributed by atoms with Crippen molar-refractivity contribution in [2.45, 2.75) is 166 Å². The number of aliphatic hydroxyl groups is 4. The fourth-order valence-electron chi connectivity index (χ4n) is 4.87. The number of esters is 2. The van der Waals surface area contributed by atoms with Crippen LogP contribution in [0.4, 0.5) is 0 Å². The van der Waals surface area contributed by atoms with Gasteiger partial charge in [-0.05, 0) is 12.8 Å². The van der Waals surface area contributed by atoms with Gasteiger partial charge in [-0.1, -0.05) is 104 Å². The molecule has 0 radical (unpaired) electrons. The maximum Gasteiger partial charge on any atom is 0.306 e. The van der Waals surface area contributed by atoms with E-state index in [1.165, 1.54) is 70.6 Å². The smallest absolute Gasteiger partial charge is 0.306 e. The van der Waals surface area contributed by atoms with E-state index in [0.29, 0.717) is 12.8 Å². The van der Waals surface area contributed by atoms with Crippen molar-refractivity contribution >= 4 is 11.9 Å². The van der Waals surface area contributed by atoms with E-state index in [0.717, 1.165) is 19.3 Å². The normalized spacial score (nSPS) is 23.3. The van der Waals surface area contributed by atoms with Crippen LogP contribution in [0, 0.1) is 0 Å². The summed E-state index contributed by atoms with van der Waals surface area (Å²) in [6.07, 6.45) is 11.5. The van der Waals surface area contributed by atoms with Crippen LogP contribution in [0.3, 0.4) is 0 Å². The van der Waals surface area contributed by atoms with Crippen LogP contribution in [0.2, 0.25) is 0 Å². The summed E-state index contributed by atoms with van der Waals surface area (Å²) in [4.78, 5) is 24.3. The fraction of sp³-hybridized carbons (Fsp3) is 0.935. The van der Waals surface area contributed by atoms with Gasteiger partial charge >= 0.3 is 11.9 Å². The molecule has 0 aromatic carbocycles. The molecule has 10 heteroatoms. The van der Waals surface area contributed by atoms with E-state index < -0.39 is 55.4 Å². The highest BCUT2D eigenvalue weighted by Gasteiger charge is 2.44. The molecule has 1 heterocycles. The average molecular weight is 591 g/mol. The minimum Gasteiger partial charge on any atom is -0.462 e. The predicted octanol–water partition coefficient (Wildman–Crippen LogP) is 4.32. The quantitative estimate of drug-likeness (QED) is 0.0893. The second-order valence-electron chi connectivity index (χ2n) is 11.3. The Balaban J connectivity index is 2.27. The lowest BCUT2D eigenvalue weighted by molar-refractivity contribution is -0.305. The SMILES string of the molecule is CCCCCCCCCCCCCCCCCC(=O)OC(COC(=O)CCC)COC1OC(CO)C(O)C(O)C1O. The third kappa shape index (κ3) is 17.4. The summed E-state index contributed by atoms with van der Waals surface area (Å²) < 4.78 is 21.5. The summed E-state index contributed by atoms with van der Waals surface area (Å²) in [6.45, 7) is 3.02. The van der Waals surface area contributed by atoms with Gasteiger partial charge in [-0.25, -0.2) is 0 Å². The van der Waals surface area contributed by atoms with Gasteiger partial charge in [0.15, 0.2) is 12.4 Å². The largest absolute Gasteiger partial charge is 0.462 e. The molecule has 1 aliphatic heterocycles. The van der Waals surface area contributed by atoms with Crippen molar-refractivity contribution in [3.05, 3.63) is 0 Å². The molecule has 0 spiro atoms. The number of ether oxygens (including phenoxy) is 4. The third-order valence-electron chi connectivity index (χ3n) is 7.46. The molecule has 0 aromatic heterocycles. The van der Waals surface area contributed by atoms with Gasteiger partial charge in [-0.3, -0.25) is 9.59 Å². The number of hydrogen-bond donors (Lipinski definition) is 4. The molecule has 0 bridgehead atoms. The Morgan fingerprint density at radius 1 is 0.659 bits per heavy atom. The van der Waals surface area contributed by atoms with Crippen LogP contribution in [0.5, 0.6) is 0 Å². The van der Waals surface area contributed by atoms with Crippen molar-refractivity contribution in [1.82, 2.24) is 0 Å². The van der Waals surface area contributed by atoms with Gasteiger partial charge in [0.2, 0.25) is 0 Å². The molecular formula is C31H58O10. The van der Waals surface area contributed by atoms with E-state index >= 15 is 0 Å². The van der Waals surface area contributed by atoms with Crippen LogP contribution < -0.4 is 0 Å². The molecule has 6 atom stereocenters. The molecule has 1 rings (SSSR count). The maximum atomic E-state index is 12.5. The molecule has 6 unspecified atom stereocenters. The summed E-state index contributed by atoms with van der Waals surface area (Å²) in [6, 6.07) is 0. The van der Waals surface area contributed by atoms with E-state index in [9.17, 15) is 30.0 Å². The second-order valence-corrected chi connectivity index (χ2v) is 11.3. The molecule has 4 N–H and O–H groups in total. The zero-order valence-corrected chi connectivity index (χ0v) is 25.6. The number of unbranched alkanes of at least 4 members (excludes halogenated alkanes) is 14. The predicted molar refractivity (Wildman–Crippen MR) is 155 cm³/mol. The first-order valence-corrected chi connectivity index (χ1v) is 16.1. The Labute approximate surface area is 247 Å². The Morgan fingerprint density at radius 3 is 1.71 bits per heavy atom. The number of rotatable bonds is 25. The third-order valence-corrected chi connectivity index (χ3v) is 7.46. The summed E-state index contributed by atoms with van der Waals surface area (Å²) >= 11 is 0. The molecule has 10 nitrogen and oxygen atoms in total. The number of hydrogen-bond acceptors (Lipinski definition) is 10. The fourth-order valence-corrected chi connectivity index (χ4v) is 4.87. The van der Waals surface area contributed by atoms with Gasteiger partial charge in [0, 0.05) is 12.8 Å². The van der Waals surface area contributed by atoms with Crippen LogP contribution in [-0.2, 0) is 28.5 Å². The lowest BCUT2D eigenvalue weighted by atomic mass is 9.99. The average Bonchev–Trinajstić information content (AvgIpc) is 2.96. The van der Waals surface area contributed by atoms with Crippen LogP contribution in [0.25, 0.3) is 0 Å². The first-order valence-electron chi connectivity index (χ1n) is 16.1. The van der Waals surface area contributed by atoms with Gasteiger partial charge in [-0.2, -0.15) is 0 Å². The van der Waals surface area contributed by atoms with E-state index in [1.807, 2.05) is 6.92 Å². The van der Waals surface area contributed by atoms with Gasteiger partial charge in [0.05, 0.1) is 13.2 Å². The highest BCUT2D eigenvalue weighted by molar-refractivity contribution is 5.70. The molecule has 0 aliphatic carbocycles. The molecule has 1 saturated heterocycles. The summed E-state index contributed by atoms with van der Waals surface area (Å²) in [5, 5.41) is 39.4. The first kappa shape index (κ1) is 37.7. The van der Waals surface area contributed by atoms with Gasteiger partial charge in [0.25, 0.3) is 0 Å². The molecule has 41 heavy (non-hydrogen) atoms. The van der Waals surface area contributed by atoms with Gasteiger partial charge < -0.3 is 39.4 Å². The molecule has 0 saturated carbocycles. The van der Waals surface area contributed by atoms with Crippen LogP contribution in [0.1, 0.15) is 129 Å². The van der Waals surface area contributed by atoms with E-state index in [1.54, 1.807) is 0 Å². The van der Waals surface area contributed by atoms with Crippen LogP contribution in [0.15, 0.2) is 0 Å². The van der Waals surface area contributed by atoms with Crippen molar-refractivity contribution in [3.63, 3.8) is 0 Å². The topological polar surface area (TPSA) is 152 Å². The van der Waals surface area contributed by atoms with Gasteiger partial charge in [0.1, 0.15) is 31.0 Å². The van der Waals surface area contributed by atoms with Crippen LogP contribution >= 0.6 is 0 Å². The van der Waals surface area contributed by atoms with Gasteiger partial charge in [-0.15, -0.1) is 0 Å². The molecule has 1 aliphatic rings. The Kier molecular flexibility index (Phi) is 22.2. The molecular weight excluding hydrogens is 532 g/mol. The Hall–Kier alpha value is -1.30. The van der Waals surface area contributed by atoms with Crippen LogP contribution in [-0.4, -0.2) is 89.0 Å². The Morgan fingerprint density at radius 2 is 1.20 bits per heavy atom. The zero-order chi connectivity index (χ0) is 30.3. The van der Waals surface area contributed by atoms with Crippen molar-refractivity contribution in [3.8, 4) is 0 Å². The molecule has 242 valence electrons. The van der Waals surface area contributed by atoms with E-state index in [-0.39, 0.29) is 26.1 Å². The minimum atomic E-state index is -1.58. The number of carbonyl (C=O) groups excluding carboxylic acids is 2. The molecule has 0 aromatic rings. The van der Waals surface area contributed by atoms with E-state index in [2.05, 4.69) is 6.92 Å². The summed E-state index contributed by atoms with van der Waals surface area (Å²) in [7, 11) is 0. The molecule has 1 fully saturated rings. The van der Waals surface area contributed by atoms with Crippen molar-refractivity contribution in [1.29, 1.82) is 0 Å². The maximum absolute atomic E-state index is 12.5.